The molecule has 15 nitrogen and oxygen atoms in total. The highest BCUT2D eigenvalue weighted by Gasteiger charge is 2.15. The van der Waals surface area contributed by atoms with Crippen LogP contribution in [-0.2, 0) is 0 Å². The Labute approximate surface area is 376 Å². The molecular weight excluding hydrogens is 823 g/mol. The Morgan fingerprint density at radius 1 is 0.167 bits per heavy atom. The number of hydrogen-bond acceptors (Lipinski definition) is 15. The molecule has 0 aliphatic heterocycles. The molecule has 0 amide bonds. The predicted octanol–water partition coefficient (Wildman–Crippen LogP) is 9.28. The molecule has 0 fully saturated rings. The first kappa shape index (κ1) is 39.2. The molecule has 0 bridgehead atoms. The second-order valence-corrected chi connectivity index (χ2v) is 14.6. The van der Waals surface area contributed by atoms with Gasteiger partial charge in [0.2, 0.25) is 0 Å². The van der Waals surface area contributed by atoms with Gasteiger partial charge in [-0.05, 0) is 109 Å². The summed E-state index contributed by atoms with van der Waals surface area (Å²) in [7, 11) is 0. The molecule has 0 aromatic carbocycles. The Bertz CT molecular complexity index is 3290. The average Bonchev–Trinajstić information content (AvgIpc) is 3.42. The second-order valence-electron chi connectivity index (χ2n) is 14.6. The van der Waals surface area contributed by atoms with E-state index in [0.29, 0.717) is 91.1 Å². The van der Waals surface area contributed by atoms with Crippen LogP contribution >= 0.6 is 0 Å². The maximum absolute atomic E-state index is 4.97. The van der Waals surface area contributed by atoms with E-state index in [2.05, 4.69) is 49.8 Å². The van der Waals surface area contributed by atoms with Gasteiger partial charge in [0.05, 0.1) is 114 Å². The van der Waals surface area contributed by atoms with E-state index in [-0.39, 0.29) is 0 Å². The largest absolute Gasteiger partial charge is 0.255 e. The fourth-order valence-electron chi connectivity index (χ4n) is 7.18. The van der Waals surface area contributed by atoms with Crippen LogP contribution in [-0.4, -0.2) is 74.8 Å². The molecule has 0 atom stereocenters. The molecule has 0 spiro atoms. The molecule has 310 valence electrons. The molecule has 66 heavy (non-hydrogen) atoms. The molecule has 11 aromatic heterocycles. The van der Waals surface area contributed by atoms with Crippen LogP contribution in [0.2, 0.25) is 0 Å². The number of pyridine rings is 7. The first-order valence-corrected chi connectivity index (χ1v) is 20.7. The molecule has 15 heteroatoms. The number of rotatable bonds is 10. The van der Waals surface area contributed by atoms with E-state index in [1.807, 2.05) is 152 Å². The lowest BCUT2D eigenvalue weighted by Gasteiger charge is -2.09. The Morgan fingerprint density at radius 2 is 0.364 bits per heavy atom. The summed E-state index contributed by atoms with van der Waals surface area (Å²) in [6, 6.07) is 47.6. The van der Waals surface area contributed by atoms with Crippen LogP contribution in [0, 0.1) is 0 Å². The number of hydrogen-bond donors (Lipinski definition) is 0. The molecular formula is C51H31N15. The van der Waals surface area contributed by atoms with Crippen molar-refractivity contribution in [1.82, 2.24) is 74.8 Å². The molecule has 11 rings (SSSR count). The minimum atomic E-state index is 0.615. The number of aromatic nitrogens is 15. The van der Waals surface area contributed by atoms with Crippen molar-refractivity contribution in [1.29, 1.82) is 0 Å². The van der Waals surface area contributed by atoms with Crippen molar-refractivity contribution in [2.24, 2.45) is 0 Å². The lowest BCUT2D eigenvalue weighted by Crippen LogP contribution is -1.98. The second kappa shape index (κ2) is 17.6. The zero-order chi connectivity index (χ0) is 44.1. The fraction of sp³-hybridized carbons (Fsp3) is 0. The van der Waals surface area contributed by atoms with Gasteiger partial charge in [0, 0.05) is 12.4 Å². The molecule has 0 saturated carbocycles. The minimum Gasteiger partial charge on any atom is -0.255 e. The van der Waals surface area contributed by atoms with Gasteiger partial charge in [0.25, 0.3) is 0 Å². The molecule has 11 aromatic rings. The summed E-state index contributed by atoms with van der Waals surface area (Å²) in [5, 5.41) is 0. The molecule has 0 unspecified atom stereocenters. The monoisotopic (exact) mass is 853 g/mol. The summed E-state index contributed by atoms with van der Waals surface area (Å²) >= 11 is 0. The fourth-order valence-corrected chi connectivity index (χ4v) is 7.18. The molecule has 0 saturated heterocycles. The summed E-state index contributed by atoms with van der Waals surface area (Å²) in [4.78, 5) is 69.8. The van der Waals surface area contributed by atoms with Gasteiger partial charge in [-0.2, -0.15) is 0 Å². The normalized spacial score (nSPS) is 11.0. The van der Waals surface area contributed by atoms with Crippen LogP contribution in [0.1, 0.15) is 0 Å². The SMILES string of the molecule is c1ccc(-c2cccc(-c3cc(-c4cccc(-c5cc(-c6cccc(-c7cc(-c8cccc(-c9cc(-c%10cccc(-c%11ccccn%11)n%10)ncn9)n8)ncn7)n6)ncn5)n4)ncn3)n2)nc1. The zero-order valence-electron chi connectivity index (χ0n) is 34.6. The third-order valence-corrected chi connectivity index (χ3v) is 10.4. The van der Waals surface area contributed by atoms with E-state index in [1.165, 1.54) is 25.3 Å². The van der Waals surface area contributed by atoms with Crippen LogP contribution in [0.3, 0.4) is 0 Å². The summed E-state index contributed by atoms with van der Waals surface area (Å²) in [5.74, 6) is 0. The van der Waals surface area contributed by atoms with Crippen molar-refractivity contribution in [2.75, 3.05) is 0 Å². The molecule has 0 radical (unpaired) electrons. The van der Waals surface area contributed by atoms with Gasteiger partial charge in [0.1, 0.15) is 25.3 Å². The molecule has 0 aliphatic rings. The molecule has 0 N–H and O–H groups in total. The highest BCUT2D eigenvalue weighted by atomic mass is 14.9. The van der Waals surface area contributed by atoms with Gasteiger partial charge in [0.15, 0.2) is 0 Å². The Hall–Kier alpha value is -9.63. The molecule has 11 heterocycles. The van der Waals surface area contributed by atoms with E-state index in [1.54, 1.807) is 12.4 Å². The topological polar surface area (TPSA) is 193 Å². The van der Waals surface area contributed by atoms with E-state index in [0.717, 1.165) is 22.8 Å². The summed E-state index contributed by atoms with van der Waals surface area (Å²) < 4.78 is 0. The van der Waals surface area contributed by atoms with E-state index < -0.39 is 0 Å². The third kappa shape index (κ3) is 8.33. The smallest absolute Gasteiger partial charge is 0.116 e. The number of nitrogens with zero attached hydrogens (tertiary/aromatic N) is 15. The zero-order valence-corrected chi connectivity index (χ0v) is 34.6. The standard InChI is InChI=1S/C51H31N15/c1-3-22-52-32(10-1)34-12-5-14-36(62-34)44-24-46(56-28-54-44)38-16-7-18-40(64-38)48-26-50(60-30-58-48)42-20-9-21-43(66-42)51-27-49(59-31-61-51)41-19-8-17-39(65-41)47-25-45(55-29-57-47)37-15-6-13-35(63-37)33-11-2-4-23-53-33/h1-31H. The third-order valence-electron chi connectivity index (χ3n) is 10.4. The van der Waals surface area contributed by atoms with E-state index in [9.17, 15) is 0 Å². The first-order valence-electron chi connectivity index (χ1n) is 20.7. The minimum absolute atomic E-state index is 0.615. The van der Waals surface area contributed by atoms with Gasteiger partial charge in [-0.15, -0.1) is 0 Å². The van der Waals surface area contributed by atoms with Crippen molar-refractivity contribution in [2.45, 2.75) is 0 Å². The van der Waals surface area contributed by atoms with Crippen LogP contribution in [0.15, 0.2) is 189 Å². The van der Waals surface area contributed by atoms with Gasteiger partial charge in [-0.3, -0.25) is 9.97 Å². The van der Waals surface area contributed by atoms with E-state index in [4.69, 9.17) is 24.9 Å². The van der Waals surface area contributed by atoms with Gasteiger partial charge < -0.3 is 0 Å². The maximum Gasteiger partial charge on any atom is 0.116 e. The maximum atomic E-state index is 4.97. The average molecular weight is 854 g/mol. The Morgan fingerprint density at radius 3 is 0.561 bits per heavy atom. The Balaban J connectivity index is 0.835. The Kier molecular flexibility index (Phi) is 10.5. The highest BCUT2D eigenvalue weighted by Crippen LogP contribution is 2.29. The van der Waals surface area contributed by atoms with Crippen molar-refractivity contribution < 1.29 is 0 Å². The van der Waals surface area contributed by atoms with Crippen molar-refractivity contribution in [3.63, 3.8) is 0 Å². The lowest BCUT2D eigenvalue weighted by atomic mass is 10.1. The van der Waals surface area contributed by atoms with Crippen molar-refractivity contribution >= 4 is 0 Å². The first-order chi connectivity index (χ1) is 32.7. The van der Waals surface area contributed by atoms with Gasteiger partial charge in [-0.25, -0.2) is 64.8 Å². The molecule has 0 aliphatic carbocycles. The van der Waals surface area contributed by atoms with Gasteiger partial charge >= 0.3 is 0 Å². The van der Waals surface area contributed by atoms with E-state index >= 15 is 0 Å². The van der Waals surface area contributed by atoms with Crippen LogP contribution in [0.5, 0.6) is 0 Å². The summed E-state index contributed by atoms with van der Waals surface area (Å²) in [5.41, 5.74) is 13.4. The lowest BCUT2D eigenvalue weighted by molar-refractivity contribution is 1.12. The quantitative estimate of drug-likeness (QED) is 0.126. The van der Waals surface area contributed by atoms with Crippen molar-refractivity contribution in [3.8, 4) is 114 Å². The van der Waals surface area contributed by atoms with Crippen LogP contribution in [0.4, 0.5) is 0 Å². The predicted molar refractivity (Wildman–Crippen MR) is 248 cm³/mol. The van der Waals surface area contributed by atoms with Gasteiger partial charge in [-0.1, -0.05) is 42.5 Å². The van der Waals surface area contributed by atoms with Crippen LogP contribution in [0.25, 0.3) is 114 Å². The summed E-state index contributed by atoms with van der Waals surface area (Å²) in [6.07, 6.45) is 9.54. The van der Waals surface area contributed by atoms with Crippen molar-refractivity contribution in [3.05, 3.63) is 189 Å². The highest BCUT2D eigenvalue weighted by molar-refractivity contribution is 5.72. The van der Waals surface area contributed by atoms with Crippen LogP contribution < -0.4 is 0 Å². The summed E-state index contributed by atoms with van der Waals surface area (Å²) in [6.45, 7) is 0.